The quantitative estimate of drug-likeness (QED) is 0.684. The molecule has 1 nitrogen and oxygen atoms in total. The van der Waals surface area contributed by atoms with Crippen LogP contribution in [0.15, 0.2) is 36.4 Å². The Hall–Kier alpha value is -1.37. The maximum atomic E-state index is 10.1. The van der Waals surface area contributed by atoms with Crippen molar-refractivity contribution in [3.05, 3.63) is 42.0 Å². The molecular weight excluding hydrogens is 160 g/mol. The van der Waals surface area contributed by atoms with Gasteiger partial charge in [0, 0.05) is 6.42 Å². The molecule has 0 amide bonds. The first-order chi connectivity index (χ1) is 6.33. The summed E-state index contributed by atoms with van der Waals surface area (Å²) < 4.78 is 0. The molecule has 1 aromatic rings. The van der Waals surface area contributed by atoms with Crippen molar-refractivity contribution in [1.29, 1.82) is 0 Å². The van der Waals surface area contributed by atoms with Gasteiger partial charge in [0.2, 0.25) is 0 Å². The number of rotatable bonds is 4. The van der Waals surface area contributed by atoms with Gasteiger partial charge in [-0.3, -0.25) is 4.79 Å². The highest BCUT2D eigenvalue weighted by Gasteiger charge is 1.94. The zero-order chi connectivity index (χ0) is 9.52. The minimum Gasteiger partial charge on any atom is -0.291 e. The van der Waals surface area contributed by atoms with E-state index in [1.165, 1.54) is 5.56 Å². The molecule has 1 radical (unpaired) electrons. The standard InChI is InChI=1S/C12H13O/c1-11(9-10-13)7-8-12-5-3-2-4-6-12/h2-8,11H,9H2,1H3. The molecule has 0 aliphatic heterocycles. The van der Waals surface area contributed by atoms with Gasteiger partial charge in [-0.25, -0.2) is 0 Å². The molecule has 0 saturated heterocycles. The molecule has 1 rings (SSSR count). The molecule has 13 heavy (non-hydrogen) atoms. The molecule has 1 heteroatoms. The summed E-state index contributed by atoms with van der Waals surface area (Å²) in [5, 5.41) is 0. The molecule has 1 atom stereocenters. The van der Waals surface area contributed by atoms with Crippen molar-refractivity contribution in [1.82, 2.24) is 0 Å². The number of hydrogen-bond donors (Lipinski definition) is 0. The summed E-state index contributed by atoms with van der Waals surface area (Å²) >= 11 is 0. The van der Waals surface area contributed by atoms with Crippen LogP contribution >= 0.6 is 0 Å². The van der Waals surface area contributed by atoms with Crippen LogP contribution in [-0.2, 0) is 4.79 Å². The molecule has 0 saturated carbocycles. The number of hydrogen-bond acceptors (Lipinski definition) is 1. The Labute approximate surface area is 79.1 Å². The lowest BCUT2D eigenvalue weighted by Gasteiger charge is -1.97. The van der Waals surface area contributed by atoms with E-state index in [1.54, 1.807) is 0 Å². The van der Waals surface area contributed by atoms with Gasteiger partial charge in [0.15, 0.2) is 6.29 Å². The van der Waals surface area contributed by atoms with Crippen LogP contribution in [0.4, 0.5) is 0 Å². The molecule has 0 aliphatic rings. The van der Waals surface area contributed by atoms with Gasteiger partial charge in [-0.15, -0.1) is 0 Å². The number of carbonyl (C=O) groups excluding carboxylic acids is 1. The largest absolute Gasteiger partial charge is 0.291 e. The van der Waals surface area contributed by atoms with E-state index in [0.717, 1.165) is 0 Å². The first-order valence-corrected chi connectivity index (χ1v) is 4.41. The normalized spacial score (nSPS) is 13.0. The third-order valence-electron chi connectivity index (χ3n) is 1.82. The molecule has 0 aliphatic carbocycles. The van der Waals surface area contributed by atoms with Gasteiger partial charge in [-0.1, -0.05) is 49.4 Å². The van der Waals surface area contributed by atoms with E-state index in [0.29, 0.717) is 6.42 Å². The van der Waals surface area contributed by atoms with Gasteiger partial charge in [-0.2, -0.15) is 0 Å². The lowest BCUT2D eigenvalue weighted by atomic mass is 10.1. The summed E-state index contributed by atoms with van der Waals surface area (Å²) in [5.41, 5.74) is 1.17. The fourth-order valence-electron chi connectivity index (χ4n) is 1.04. The van der Waals surface area contributed by atoms with Crippen LogP contribution in [0.1, 0.15) is 18.9 Å². The Morgan fingerprint density at radius 1 is 1.38 bits per heavy atom. The average molecular weight is 173 g/mol. The summed E-state index contributed by atoms with van der Waals surface area (Å²) in [5.74, 6) is 0.276. The molecule has 0 bridgehead atoms. The summed E-state index contributed by atoms with van der Waals surface area (Å²) in [6, 6.07) is 10.0. The number of allylic oxidation sites excluding steroid dienone is 1. The predicted octanol–water partition coefficient (Wildman–Crippen LogP) is 2.84. The van der Waals surface area contributed by atoms with Crippen molar-refractivity contribution in [3.63, 3.8) is 0 Å². The molecule has 67 valence electrons. The van der Waals surface area contributed by atoms with Crippen molar-refractivity contribution < 1.29 is 4.79 Å². The van der Waals surface area contributed by atoms with Crippen molar-refractivity contribution >= 4 is 12.4 Å². The topological polar surface area (TPSA) is 17.1 Å². The molecule has 0 spiro atoms. The highest BCUT2D eigenvalue weighted by Crippen LogP contribution is 2.06. The van der Waals surface area contributed by atoms with Crippen molar-refractivity contribution in [2.24, 2.45) is 5.92 Å². The second-order valence-electron chi connectivity index (χ2n) is 3.10. The van der Waals surface area contributed by atoms with Crippen molar-refractivity contribution in [2.45, 2.75) is 13.3 Å². The summed E-state index contributed by atoms with van der Waals surface area (Å²) in [7, 11) is 0. The van der Waals surface area contributed by atoms with E-state index >= 15 is 0 Å². The maximum absolute atomic E-state index is 10.1. The molecule has 0 fully saturated rings. The fourth-order valence-corrected chi connectivity index (χ4v) is 1.04. The monoisotopic (exact) mass is 173 g/mol. The lowest BCUT2D eigenvalue weighted by Crippen LogP contribution is -1.88. The van der Waals surface area contributed by atoms with Crippen LogP contribution in [-0.4, -0.2) is 6.29 Å². The summed E-state index contributed by atoms with van der Waals surface area (Å²) in [6.45, 7) is 2.00. The molecule has 1 unspecified atom stereocenters. The Balaban J connectivity index is 2.53. The first-order valence-electron chi connectivity index (χ1n) is 4.41. The zero-order valence-corrected chi connectivity index (χ0v) is 7.73. The molecule has 1 aromatic carbocycles. The number of benzene rings is 1. The minimum absolute atomic E-state index is 0.276. The van der Waals surface area contributed by atoms with Crippen molar-refractivity contribution in [3.8, 4) is 0 Å². The van der Waals surface area contributed by atoms with Crippen LogP contribution in [0.2, 0.25) is 0 Å². The van der Waals surface area contributed by atoms with Crippen LogP contribution in [0.25, 0.3) is 6.08 Å². The van der Waals surface area contributed by atoms with Crippen LogP contribution in [0.3, 0.4) is 0 Å². The van der Waals surface area contributed by atoms with Gasteiger partial charge in [0.05, 0.1) is 0 Å². The van der Waals surface area contributed by atoms with Crippen LogP contribution < -0.4 is 0 Å². The van der Waals surface area contributed by atoms with E-state index in [1.807, 2.05) is 55.7 Å². The van der Waals surface area contributed by atoms with Gasteiger partial charge >= 0.3 is 0 Å². The van der Waals surface area contributed by atoms with Gasteiger partial charge in [0.25, 0.3) is 0 Å². The summed E-state index contributed by atoms with van der Waals surface area (Å²) in [4.78, 5) is 10.1. The van der Waals surface area contributed by atoms with Gasteiger partial charge in [0.1, 0.15) is 0 Å². The molecule has 0 aromatic heterocycles. The fraction of sp³-hybridized carbons (Fsp3) is 0.250. The zero-order valence-electron chi connectivity index (χ0n) is 7.73. The molecule has 0 heterocycles. The predicted molar refractivity (Wildman–Crippen MR) is 55.0 cm³/mol. The highest BCUT2D eigenvalue weighted by atomic mass is 16.1. The lowest BCUT2D eigenvalue weighted by molar-refractivity contribution is 0.542. The average Bonchev–Trinajstić information content (AvgIpc) is 2.17. The van der Waals surface area contributed by atoms with Gasteiger partial charge < -0.3 is 0 Å². The van der Waals surface area contributed by atoms with E-state index in [9.17, 15) is 4.79 Å². The van der Waals surface area contributed by atoms with Crippen LogP contribution in [0, 0.1) is 5.92 Å². The van der Waals surface area contributed by atoms with Crippen molar-refractivity contribution in [2.75, 3.05) is 0 Å². The van der Waals surface area contributed by atoms with E-state index in [2.05, 4.69) is 0 Å². The third kappa shape index (κ3) is 3.70. The SMILES string of the molecule is CC(C=Cc1ccccc1)C[C]=O. The Bertz CT molecular complexity index is 274. The van der Waals surface area contributed by atoms with E-state index < -0.39 is 0 Å². The summed E-state index contributed by atoms with van der Waals surface area (Å²) in [6.07, 6.45) is 6.44. The highest BCUT2D eigenvalue weighted by molar-refractivity contribution is 5.53. The second-order valence-corrected chi connectivity index (χ2v) is 3.10. The maximum Gasteiger partial charge on any atom is 0.198 e. The third-order valence-corrected chi connectivity index (χ3v) is 1.82. The Morgan fingerprint density at radius 2 is 2.08 bits per heavy atom. The van der Waals surface area contributed by atoms with Gasteiger partial charge in [-0.05, 0) is 11.5 Å². The molecule has 0 N–H and O–H groups in total. The smallest absolute Gasteiger partial charge is 0.198 e. The first kappa shape index (κ1) is 9.72. The molecular formula is C12H13O. The van der Waals surface area contributed by atoms with E-state index in [-0.39, 0.29) is 5.92 Å². The second kappa shape index (κ2) is 5.31. The Morgan fingerprint density at radius 3 is 2.69 bits per heavy atom. The minimum atomic E-state index is 0.276. The Kier molecular flexibility index (Phi) is 3.97. The van der Waals surface area contributed by atoms with Crippen LogP contribution in [0.5, 0.6) is 0 Å². The van der Waals surface area contributed by atoms with E-state index in [4.69, 9.17) is 0 Å².